The Morgan fingerprint density at radius 3 is 2.63 bits per heavy atom. The Hall–Kier alpha value is -1.58. The van der Waals surface area contributed by atoms with Crippen molar-refractivity contribution in [1.29, 1.82) is 0 Å². The first-order valence-electron chi connectivity index (χ1n) is 6.12. The highest BCUT2D eigenvalue weighted by Gasteiger charge is 2.10. The summed E-state index contributed by atoms with van der Waals surface area (Å²) in [6.07, 6.45) is 1.58. The number of aliphatic hydroxyl groups is 1. The highest BCUT2D eigenvalue weighted by atomic mass is 79.9. The van der Waals surface area contributed by atoms with E-state index in [0.29, 0.717) is 6.42 Å². The number of rotatable bonds is 3. The molecule has 3 rings (SSSR count). The first kappa shape index (κ1) is 12.5. The molecule has 3 heteroatoms. The van der Waals surface area contributed by atoms with Crippen LogP contribution in [0, 0.1) is 0 Å². The molecule has 3 aromatic rings. The van der Waals surface area contributed by atoms with E-state index in [9.17, 15) is 5.11 Å². The summed E-state index contributed by atoms with van der Waals surface area (Å²) < 4.78 is 6.32. The largest absolute Gasteiger partial charge is 0.469 e. The van der Waals surface area contributed by atoms with Gasteiger partial charge in [0.15, 0.2) is 0 Å². The quantitative estimate of drug-likeness (QED) is 0.773. The summed E-state index contributed by atoms with van der Waals surface area (Å²) in [7, 11) is 0. The van der Waals surface area contributed by atoms with Gasteiger partial charge in [0.25, 0.3) is 0 Å². The monoisotopic (exact) mass is 316 g/mol. The van der Waals surface area contributed by atoms with Gasteiger partial charge in [-0.1, -0.05) is 34.1 Å². The molecule has 2 nitrogen and oxygen atoms in total. The number of fused-ring (bicyclic) bond motifs is 1. The fraction of sp³-hybridized carbons (Fsp3) is 0.125. The van der Waals surface area contributed by atoms with E-state index in [1.54, 1.807) is 6.26 Å². The van der Waals surface area contributed by atoms with E-state index in [1.807, 2.05) is 42.5 Å². The summed E-state index contributed by atoms with van der Waals surface area (Å²) in [5.41, 5.74) is 0.909. The molecule has 1 atom stereocenters. The summed E-state index contributed by atoms with van der Waals surface area (Å²) >= 11 is 3.46. The molecule has 0 aliphatic heterocycles. The van der Waals surface area contributed by atoms with Crippen LogP contribution in [0.4, 0.5) is 0 Å². The van der Waals surface area contributed by atoms with Crippen molar-refractivity contribution in [1.82, 2.24) is 0 Å². The molecule has 1 N–H and O–H groups in total. The van der Waals surface area contributed by atoms with Crippen LogP contribution in [0.1, 0.15) is 17.4 Å². The number of halogens is 1. The topological polar surface area (TPSA) is 33.4 Å². The average Bonchev–Trinajstić information content (AvgIpc) is 2.91. The normalized spacial score (nSPS) is 12.7. The Labute approximate surface area is 119 Å². The molecule has 1 unspecified atom stereocenters. The van der Waals surface area contributed by atoms with Gasteiger partial charge in [0.2, 0.25) is 0 Å². The molecule has 0 saturated heterocycles. The zero-order valence-corrected chi connectivity index (χ0v) is 11.8. The van der Waals surface area contributed by atoms with Crippen molar-refractivity contribution in [2.24, 2.45) is 0 Å². The van der Waals surface area contributed by atoms with E-state index in [-0.39, 0.29) is 0 Å². The molecule has 1 heterocycles. The van der Waals surface area contributed by atoms with Gasteiger partial charge >= 0.3 is 0 Å². The second-order valence-electron chi connectivity index (χ2n) is 4.55. The SMILES string of the molecule is OC(Cc1ccco1)c1ccc2cc(Br)ccc2c1. The predicted octanol–water partition coefficient (Wildman–Crippen LogP) is 4.47. The van der Waals surface area contributed by atoms with Gasteiger partial charge in [-0.25, -0.2) is 0 Å². The Balaban J connectivity index is 1.90. The second-order valence-corrected chi connectivity index (χ2v) is 5.47. The van der Waals surface area contributed by atoms with Crippen molar-refractivity contribution in [3.05, 3.63) is 70.6 Å². The fourth-order valence-electron chi connectivity index (χ4n) is 2.18. The van der Waals surface area contributed by atoms with Gasteiger partial charge in [-0.2, -0.15) is 0 Å². The molecule has 0 saturated carbocycles. The third kappa shape index (κ3) is 2.72. The zero-order chi connectivity index (χ0) is 13.2. The average molecular weight is 317 g/mol. The summed E-state index contributed by atoms with van der Waals surface area (Å²) in [6.45, 7) is 0. The maximum Gasteiger partial charge on any atom is 0.106 e. The van der Waals surface area contributed by atoms with Crippen molar-refractivity contribution in [2.75, 3.05) is 0 Å². The molecule has 0 bridgehead atoms. The third-order valence-corrected chi connectivity index (χ3v) is 3.68. The molecule has 0 spiro atoms. The number of benzene rings is 2. The van der Waals surface area contributed by atoms with Crippen LogP contribution < -0.4 is 0 Å². The van der Waals surface area contributed by atoms with E-state index >= 15 is 0 Å². The molecule has 1 aromatic heterocycles. The highest BCUT2D eigenvalue weighted by molar-refractivity contribution is 9.10. The summed E-state index contributed by atoms with van der Waals surface area (Å²) in [5.74, 6) is 0.795. The van der Waals surface area contributed by atoms with Gasteiger partial charge in [-0.05, 0) is 46.7 Å². The van der Waals surface area contributed by atoms with Crippen LogP contribution in [0.15, 0.2) is 63.7 Å². The lowest BCUT2D eigenvalue weighted by atomic mass is 10.0. The fourth-order valence-corrected chi connectivity index (χ4v) is 2.56. The van der Waals surface area contributed by atoms with Crippen LogP contribution in [0.2, 0.25) is 0 Å². The van der Waals surface area contributed by atoms with E-state index in [4.69, 9.17) is 4.42 Å². The number of aliphatic hydroxyl groups excluding tert-OH is 1. The molecular formula is C16H13BrO2. The van der Waals surface area contributed by atoms with Gasteiger partial charge in [-0.3, -0.25) is 0 Å². The first-order chi connectivity index (χ1) is 9.22. The highest BCUT2D eigenvalue weighted by Crippen LogP contribution is 2.25. The molecule has 96 valence electrons. The van der Waals surface area contributed by atoms with E-state index < -0.39 is 6.10 Å². The minimum absolute atomic E-state index is 0.495. The Kier molecular flexibility index (Phi) is 3.40. The van der Waals surface area contributed by atoms with Gasteiger partial charge in [0.1, 0.15) is 5.76 Å². The van der Waals surface area contributed by atoms with Crippen LogP contribution in [0.25, 0.3) is 10.8 Å². The molecular weight excluding hydrogens is 304 g/mol. The van der Waals surface area contributed by atoms with Gasteiger partial charge in [0, 0.05) is 10.9 Å². The number of furan rings is 1. The van der Waals surface area contributed by atoms with Crippen molar-refractivity contribution in [2.45, 2.75) is 12.5 Å². The zero-order valence-electron chi connectivity index (χ0n) is 10.2. The molecule has 2 aromatic carbocycles. The lowest BCUT2D eigenvalue weighted by molar-refractivity contribution is 0.170. The van der Waals surface area contributed by atoms with Gasteiger partial charge in [-0.15, -0.1) is 0 Å². The summed E-state index contributed by atoms with van der Waals surface area (Å²) in [6, 6.07) is 15.8. The minimum Gasteiger partial charge on any atom is -0.469 e. The first-order valence-corrected chi connectivity index (χ1v) is 6.91. The van der Waals surface area contributed by atoms with Crippen LogP contribution >= 0.6 is 15.9 Å². The standard InChI is InChI=1S/C16H13BrO2/c17-14-6-5-11-8-13(4-3-12(11)9-14)16(18)10-15-2-1-7-19-15/h1-9,16,18H,10H2. The van der Waals surface area contributed by atoms with Crippen molar-refractivity contribution in [3.8, 4) is 0 Å². The molecule has 0 radical (unpaired) electrons. The van der Waals surface area contributed by atoms with Crippen LogP contribution in [-0.2, 0) is 6.42 Å². The van der Waals surface area contributed by atoms with E-state index in [1.165, 1.54) is 0 Å². The van der Waals surface area contributed by atoms with E-state index in [0.717, 1.165) is 26.6 Å². The van der Waals surface area contributed by atoms with Crippen molar-refractivity contribution < 1.29 is 9.52 Å². The molecule has 0 amide bonds. The minimum atomic E-state index is -0.542. The molecule has 0 fully saturated rings. The van der Waals surface area contributed by atoms with Crippen LogP contribution in [-0.4, -0.2) is 5.11 Å². The number of hydrogen-bond acceptors (Lipinski definition) is 2. The predicted molar refractivity (Wildman–Crippen MR) is 79.0 cm³/mol. The maximum absolute atomic E-state index is 10.2. The van der Waals surface area contributed by atoms with Crippen molar-refractivity contribution in [3.63, 3.8) is 0 Å². The van der Waals surface area contributed by atoms with Gasteiger partial charge in [0.05, 0.1) is 12.4 Å². The third-order valence-electron chi connectivity index (χ3n) is 3.19. The molecule has 19 heavy (non-hydrogen) atoms. The molecule has 0 aliphatic rings. The second kappa shape index (κ2) is 5.19. The Morgan fingerprint density at radius 2 is 1.84 bits per heavy atom. The lowest BCUT2D eigenvalue weighted by Crippen LogP contribution is -2.00. The molecule has 0 aliphatic carbocycles. The summed E-state index contributed by atoms with van der Waals surface area (Å²) in [4.78, 5) is 0. The van der Waals surface area contributed by atoms with Crippen LogP contribution in [0.3, 0.4) is 0 Å². The smallest absolute Gasteiger partial charge is 0.106 e. The Bertz CT molecular complexity index is 689. The van der Waals surface area contributed by atoms with Gasteiger partial charge < -0.3 is 9.52 Å². The number of hydrogen-bond donors (Lipinski definition) is 1. The Morgan fingerprint density at radius 1 is 1.05 bits per heavy atom. The maximum atomic E-state index is 10.2. The lowest BCUT2D eigenvalue weighted by Gasteiger charge is -2.10. The summed E-state index contributed by atoms with van der Waals surface area (Å²) in [5, 5.41) is 12.5. The van der Waals surface area contributed by atoms with Crippen molar-refractivity contribution >= 4 is 26.7 Å². The van der Waals surface area contributed by atoms with E-state index in [2.05, 4.69) is 22.0 Å². The van der Waals surface area contributed by atoms with Crippen LogP contribution in [0.5, 0.6) is 0 Å².